The number of benzene rings is 2. The summed E-state index contributed by atoms with van der Waals surface area (Å²) in [6, 6.07) is 15.8. The summed E-state index contributed by atoms with van der Waals surface area (Å²) in [6.45, 7) is 3.69. The second-order valence-electron chi connectivity index (χ2n) is 7.34. The van der Waals surface area contributed by atoms with Crippen LogP contribution in [0.5, 0.6) is 5.75 Å². The Morgan fingerprint density at radius 1 is 1.20 bits per heavy atom. The van der Waals surface area contributed by atoms with Gasteiger partial charge in [-0.1, -0.05) is 31.2 Å². The standard InChI is InChI=1S/C23H29N3O3S/c1-4-13-24-23(28)21-15-26(19-7-5-6-8-20(19)29-21)16-22(27)25(2)14-17-9-11-18(30-3)12-10-17/h5-12,21H,4,13-16H2,1-3H3,(H,24,28)/t21-/m0/s1. The number of thioether (sulfide) groups is 1. The molecule has 0 radical (unpaired) electrons. The average Bonchev–Trinajstić information content (AvgIpc) is 2.77. The van der Waals surface area contributed by atoms with Gasteiger partial charge < -0.3 is 19.9 Å². The predicted octanol–water partition coefficient (Wildman–Crippen LogP) is 3.16. The summed E-state index contributed by atoms with van der Waals surface area (Å²) in [6.07, 6.45) is 2.27. The molecule has 30 heavy (non-hydrogen) atoms. The van der Waals surface area contributed by atoms with Crippen LogP contribution in [0, 0.1) is 0 Å². The number of para-hydroxylation sites is 2. The fourth-order valence-corrected chi connectivity index (χ4v) is 3.74. The van der Waals surface area contributed by atoms with Gasteiger partial charge in [0.05, 0.1) is 18.8 Å². The van der Waals surface area contributed by atoms with Crippen molar-refractivity contribution < 1.29 is 14.3 Å². The molecule has 0 saturated heterocycles. The number of hydrogen-bond acceptors (Lipinski definition) is 5. The van der Waals surface area contributed by atoms with E-state index in [1.54, 1.807) is 16.7 Å². The number of carbonyl (C=O) groups is 2. The molecule has 0 fully saturated rings. The van der Waals surface area contributed by atoms with Gasteiger partial charge in [0.1, 0.15) is 5.75 Å². The van der Waals surface area contributed by atoms with E-state index in [0.29, 0.717) is 25.4 Å². The monoisotopic (exact) mass is 427 g/mol. The van der Waals surface area contributed by atoms with Crippen LogP contribution in [-0.4, -0.2) is 55.8 Å². The Morgan fingerprint density at radius 2 is 1.93 bits per heavy atom. The highest BCUT2D eigenvalue weighted by Crippen LogP contribution is 2.33. The number of carbonyl (C=O) groups excluding carboxylic acids is 2. The highest BCUT2D eigenvalue weighted by atomic mass is 32.2. The van der Waals surface area contributed by atoms with Gasteiger partial charge in [0.2, 0.25) is 5.91 Å². The summed E-state index contributed by atoms with van der Waals surface area (Å²) < 4.78 is 5.90. The Morgan fingerprint density at radius 3 is 2.63 bits per heavy atom. The van der Waals surface area contributed by atoms with Gasteiger partial charge in [-0.15, -0.1) is 11.8 Å². The molecule has 3 rings (SSSR count). The van der Waals surface area contributed by atoms with E-state index < -0.39 is 6.10 Å². The first-order chi connectivity index (χ1) is 14.5. The minimum atomic E-state index is -0.636. The third-order valence-electron chi connectivity index (χ3n) is 5.03. The first kappa shape index (κ1) is 22.0. The molecule has 1 aliphatic heterocycles. The summed E-state index contributed by atoms with van der Waals surface area (Å²) in [5.74, 6) is 0.475. The number of nitrogens with zero attached hydrogens (tertiary/aromatic N) is 2. The lowest BCUT2D eigenvalue weighted by Gasteiger charge is -2.36. The van der Waals surface area contributed by atoms with Crippen LogP contribution in [0.1, 0.15) is 18.9 Å². The highest BCUT2D eigenvalue weighted by Gasteiger charge is 2.31. The zero-order chi connectivity index (χ0) is 21.5. The smallest absolute Gasteiger partial charge is 0.262 e. The highest BCUT2D eigenvalue weighted by molar-refractivity contribution is 7.98. The fourth-order valence-electron chi connectivity index (χ4n) is 3.33. The van der Waals surface area contributed by atoms with E-state index in [4.69, 9.17) is 4.74 Å². The first-order valence-corrected chi connectivity index (χ1v) is 11.4. The van der Waals surface area contributed by atoms with Crippen LogP contribution < -0.4 is 15.0 Å². The predicted molar refractivity (Wildman–Crippen MR) is 121 cm³/mol. The van der Waals surface area contributed by atoms with E-state index in [0.717, 1.165) is 17.7 Å². The van der Waals surface area contributed by atoms with Crippen molar-refractivity contribution in [2.75, 3.05) is 37.8 Å². The van der Waals surface area contributed by atoms with Gasteiger partial charge in [0.25, 0.3) is 5.91 Å². The van der Waals surface area contributed by atoms with Crippen LogP contribution >= 0.6 is 11.8 Å². The Labute approximate surface area is 182 Å². The minimum Gasteiger partial charge on any atom is -0.477 e. The van der Waals surface area contributed by atoms with Crippen LogP contribution in [0.3, 0.4) is 0 Å². The Hall–Kier alpha value is -2.67. The molecule has 0 spiro atoms. The molecule has 7 heteroatoms. The number of anilines is 1. The molecule has 0 aromatic heterocycles. The van der Waals surface area contributed by atoms with E-state index in [-0.39, 0.29) is 18.4 Å². The lowest BCUT2D eigenvalue weighted by molar-refractivity contribution is -0.130. The molecule has 0 aliphatic carbocycles. The zero-order valence-electron chi connectivity index (χ0n) is 17.8. The molecule has 2 aromatic rings. The van der Waals surface area contributed by atoms with Crippen molar-refractivity contribution in [2.24, 2.45) is 0 Å². The quantitative estimate of drug-likeness (QED) is 0.656. The van der Waals surface area contributed by atoms with E-state index in [2.05, 4.69) is 17.4 Å². The van der Waals surface area contributed by atoms with Gasteiger partial charge in [0.15, 0.2) is 6.10 Å². The van der Waals surface area contributed by atoms with E-state index in [1.165, 1.54) is 4.90 Å². The largest absolute Gasteiger partial charge is 0.477 e. The third kappa shape index (κ3) is 5.48. The number of nitrogens with one attached hydrogen (secondary N) is 1. The summed E-state index contributed by atoms with van der Waals surface area (Å²) in [4.78, 5) is 30.3. The molecule has 2 amide bonds. The van der Waals surface area contributed by atoms with Gasteiger partial charge in [-0.05, 0) is 42.5 Å². The topological polar surface area (TPSA) is 61.9 Å². The molecule has 2 aromatic carbocycles. The van der Waals surface area contributed by atoms with Crippen molar-refractivity contribution in [1.82, 2.24) is 10.2 Å². The van der Waals surface area contributed by atoms with Crippen molar-refractivity contribution in [3.05, 3.63) is 54.1 Å². The molecule has 160 valence electrons. The van der Waals surface area contributed by atoms with Crippen LogP contribution in [-0.2, 0) is 16.1 Å². The first-order valence-electron chi connectivity index (χ1n) is 10.2. The van der Waals surface area contributed by atoms with Crippen LogP contribution in [0.15, 0.2) is 53.4 Å². The molecular formula is C23H29N3O3S. The lowest BCUT2D eigenvalue weighted by atomic mass is 10.1. The Kier molecular flexibility index (Phi) is 7.63. The van der Waals surface area contributed by atoms with Gasteiger partial charge in [-0.2, -0.15) is 0 Å². The van der Waals surface area contributed by atoms with Gasteiger partial charge >= 0.3 is 0 Å². The van der Waals surface area contributed by atoms with E-state index in [9.17, 15) is 9.59 Å². The van der Waals surface area contributed by atoms with Crippen molar-refractivity contribution in [3.63, 3.8) is 0 Å². The maximum atomic E-state index is 12.9. The number of ether oxygens (including phenoxy) is 1. The van der Waals surface area contributed by atoms with Crippen molar-refractivity contribution >= 4 is 29.3 Å². The van der Waals surface area contributed by atoms with Crippen molar-refractivity contribution in [3.8, 4) is 5.75 Å². The second-order valence-corrected chi connectivity index (χ2v) is 8.22. The maximum absolute atomic E-state index is 12.9. The number of amides is 2. The minimum absolute atomic E-state index is 0.00615. The fraction of sp³-hybridized carbons (Fsp3) is 0.391. The normalized spacial score (nSPS) is 15.2. The number of hydrogen-bond donors (Lipinski definition) is 1. The second kappa shape index (κ2) is 10.4. The molecule has 1 heterocycles. The van der Waals surface area contributed by atoms with Crippen molar-refractivity contribution in [1.29, 1.82) is 0 Å². The molecule has 1 N–H and O–H groups in total. The number of rotatable bonds is 8. The Balaban J connectivity index is 1.68. The molecular weight excluding hydrogens is 398 g/mol. The van der Waals surface area contributed by atoms with Crippen LogP contribution in [0.4, 0.5) is 5.69 Å². The van der Waals surface area contributed by atoms with E-state index >= 15 is 0 Å². The molecule has 1 aliphatic rings. The summed E-state index contributed by atoms with van der Waals surface area (Å²) in [5, 5.41) is 2.88. The SMILES string of the molecule is CCCNC(=O)[C@@H]1CN(CC(=O)N(C)Cc2ccc(SC)cc2)c2ccccc2O1. The summed E-state index contributed by atoms with van der Waals surface area (Å²) >= 11 is 1.70. The van der Waals surface area contributed by atoms with Crippen LogP contribution in [0.2, 0.25) is 0 Å². The molecule has 0 saturated carbocycles. The third-order valence-corrected chi connectivity index (χ3v) is 5.78. The van der Waals surface area contributed by atoms with E-state index in [1.807, 2.05) is 61.5 Å². The van der Waals surface area contributed by atoms with Gasteiger partial charge in [-0.25, -0.2) is 0 Å². The molecule has 0 unspecified atom stereocenters. The number of fused-ring (bicyclic) bond motifs is 1. The molecule has 6 nitrogen and oxygen atoms in total. The molecule has 0 bridgehead atoms. The zero-order valence-corrected chi connectivity index (χ0v) is 18.6. The Bertz CT molecular complexity index is 872. The summed E-state index contributed by atoms with van der Waals surface area (Å²) in [7, 11) is 1.81. The molecule has 1 atom stereocenters. The van der Waals surface area contributed by atoms with Crippen LogP contribution in [0.25, 0.3) is 0 Å². The maximum Gasteiger partial charge on any atom is 0.262 e. The average molecular weight is 428 g/mol. The van der Waals surface area contributed by atoms with Gasteiger partial charge in [0, 0.05) is 25.0 Å². The summed E-state index contributed by atoms with van der Waals surface area (Å²) in [5.41, 5.74) is 1.92. The lowest BCUT2D eigenvalue weighted by Crippen LogP contribution is -2.51. The van der Waals surface area contributed by atoms with Gasteiger partial charge in [-0.3, -0.25) is 9.59 Å². The number of likely N-dealkylation sites (N-methyl/N-ethyl adjacent to an activating group) is 1. The van der Waals surface area contributed by atoms with Crippen molar-refractivity contribution in [2.45, 2.75) is 30.9 Å².